The molecule has 0 radical (unpaired) electrons. The number of alkyl halides is 3. The summed E-state index contributed by atoms with van der Waals surface area (Å²) in [4.78, 5) is 25.6. The van der Waals surface area contributed by atoms with Gasteiger partial charge < -0.3 is 16.0 Å². The molecule has 0 spiro atoms. The van der Waals surface area contributed by atoms with Gasteiger partial charge in [-0.3, -0.25) is 9.59 Å². The van der Waals surface area contributed by atoms with Gasteiger partial charge in [-0.2, -0.15) is 13.2 Å². The zero-order chi connectivity index (χ0) is 19.3. The van der Waals surface area contributed by atoms with Crippen LogP contribution in [0, 0.1) is 5.82 Å². The fourth-order valence-corrected chi connectivity index (χ4v) is 2.95. The van der Waals surface area contributed by atoms with Crippen molar-refractivity contribution in [2.45, 2.75) is 37.9 Å². The lowest BCUT2D eigenvalue weighted by atomic mass is 9.99. The van der Waals surface area contributed by atoms with Crippen molar-refractivity contribution in [3.63, 3.8) is 0 Å². The summed E-state index contributed by atoms with van der Waals surface area (Å²) in [5.74, 6) is -2.07. The van der Waals surface area contributed by atoms with Crippen LogP contribution in [0.3, 0.4) is 0 Å². The Morgan fingerprint density at radius 1 is 1.26 bits per heavy atom. The van der Waals surface area contributed by atoms with Gasteiger partial charge in [-0.1, -0.05) is 0 Å². The molecular formula is C17H22ClF4N3O2. The molecule has 5 nitrogen and oxygen atoms in total. The fourth-order valence-electron chi connectivity index (χ4n) is 2.95. The SMILES string of the molecule is Cl.NCCC(=O)NCC1CCCCN1C(=O)c1cc(C(F)(F)F)ccc1F. The fraction of sp³-hybridized carbons (Fsp3) is 0.529. The number of hydrogen-bond acceptors (Lipinski definition) is 3. The highest BCUT2D eigenvalue weighted by Gasteiger charge is 2.34. The predicted molar refractivity (Wildman–Crippen MR) is 94.0 cm³/mol. The smallest absolute Gasteiger partial charge is 0.354 e. The van der Waals surface area contributed by atoms with Crippen LogP contribution in [-0.2, 0) is 11.0 Å². The Hall–Kier alpha value is -1.87. The molecular weight excluding hydrogens is 390 g/mol. The van der Waals surface area contributed by atoms with Gasteiger partial charge in [0.2, 0.25) is 5.91 Å². The van der Waals surface area contributed by atoms with E-state index in [0.717, 1.165) is 6.42 Å². The van der Waals surface area contributed by atoms with Crippen molar-refractivity contribution in [3.8, 4) is 0 Å². The summed E-state index contributed by atoms with van der Waals surface area (Å²) in [6.45, 7) is 0.645. The molecule has 152 valence electrons. The maximum atomic E-state index is 14.0. The molecule has 0 bridgehead atoms. The Morgan fingerprint density at radius 3 is 2.59 bits per heavy atom. The highest BCUT2D eigenvalue weighted by Crippen LogP contribution is 2.31. The third-order valence-corrected chi connectivity index (χ3v) is 4.32. The Kier molecular flexibility index (Phi) is 8.49. The van der Waals surface area contributed by atoms with Crippen LogP contribution in [0.4, 0.5) is 17.6 Å². The lowest BCUT2D eigenvalue weighted by Gasteiger charge is -2.36. The topological polar surface area (TPSA) is 75.4 Å². The highest BCUT2D eigenvalue weighted by molar-refractivity contribution is 5.95. The minimum Gasteiger partial charge on any atom is -0.354 e. The quantitative estimate of drug-likeness (QED) is 0.731. The summed E-state index contributed by atoms with van der Waals surface area (Å²) in [6, 6.07) is 1.40. The standard InChI is InChI=1S/C17H21F4N3O2.ClH/c18-14-5-4-11(17(19,20)21)9-13(14)16(26)24-8-2-1-3-12(24)10-23-15(25)6-7-22;/h4-5,9,12H,1-3,6-8,10,22H2,(H,23,25);1H. The molecule has 1 aliphatic heterocycles. The van der Waals surface area contributed by atoms with E-state index in [1.54, 1.807) is 0 Å². The molecule has 10 heteroatoms. The second-order valence-corrected chi connectivity index (χ2v) is 6.18. The van der Waals surface area contributed by atoms with Gasteiger partial charge in [0, 0.05) is 32.1 Å². The second kappa shape index (κ2) is 9.89. The van der Waals surface area contributed by atoms with Crippen LogP contribution in [0.2, 0.25) is 0 Å². The average molecular weight is 412 g/mol. The zero-order valence-electron chi connectivity index (χ0n) is 14.5. The van der Waals surface area contributed by atoms with Crippen LogP contribution in [0.25, 0.3) is 0 Å². The van der Waals surface area contributed by atoms with Gasteiger partial charge in [0.25, 0.3) is 5.91 Å². The number of piperidine rings is 1. The van der Waals surface area contributed by atoms with Crippen LogP contribution < -0.4 is 11.1 Å². The van der Waals surface area contributed by atoms with E-state index in [2.05, 4.69) is 5.32 Å². The van der Waals surface area contributed by atoms with Crippen LogP contribution in [0.5, 0.6) is 0 Å². The number of carbonyl (C=O) groups excluding carboxylic acids is 2. The monoisotopic (exact) mass is 411 g/mol. The third kappa shape index (κ3) is 6.07. The predicted octanol–water partition coefficient (Wildman–Crippen LogP) is 2.73. The number of nitrogens with zero attached hydrogens (tertiary/aromatic N) is 1. The molecule has 0 aliphatic carbocycles. The normalized spacial score (nSPS) is 17.2. The lowest BCUT2D eigenvalue weighted by Crippen LogP contribution is -2.49. The molecule has 27 heavy (non-hydrogen) atoms. The summed E-state index contributed by atoms with van der Waals surface area (Å²) in [7, 11) is 0. The Bertz CT molecular complexity index is 670. The molecule has 0 aromatic heterocycles. The van der Waals surface area contributed by atoms with Crippen LogP contribution in [0.15, 0.2) is 18.2 Å². The van der Waals surface area contributed by atoms with Crippen molar-refractivity contribution >= 4 is 24.2 Å². The van der Waals surface area contributed by atoms with E-state index in [-0.39, 0.29) is 37.8 Å². The number of nitrogens with one attached hydrogen (secondary N) is 1. The molecule has 1 unspecified atom stereocenters. The number of nitrogens with two attached hydrogens (primary N) is 1. The molecule has 0 saturated carbocycles. The largest absolute Gasteiger partial charge is 0.416 e. The van der Waals surface area contributed by atoms with E-state index in [0.29, 0.717) is 37.6 Å². The van der Waals surface area contributed by atoms with Gasteiger partial charge in [0.15, 0.2) is 0 Å². The van der Waals surface area contributed by atoms with E-state index in [4.69, 9.17) is 5.73 Å². The molecule has 1 heterocycles. The zero-order valence-corrected chi connectivity index (χ0v) is 15.3. The van der Waals surface area contributed by atoms with Gasteiger partial charge in [0.05, 0.1) is 11.1 Å². The number of amides is 2. The Balaban J connectivity index is 0.00000364. The maximum Gasteiger partial charge on any atom is 0.416 e. The van der Waals surface area contributed by atoms with E-state index in [1.807, 2.05) is 0 Å². The van der Waals surface area contributed by atoms with Gasteiger partial charge in [-0.15, -0.1) is 12.4 Å². The summed E-state index contributed by atoms with van der Waals surface area (Å²) >= 11 is 0. The number of likely N-dealkylation sites (tertiary alicyclic amines) is 1. The summed E-state index contributed by atoms with van der Waals surface area (Å²) in [5, 5.41) is 2.65. The number of carbonyl (C=O) groups is 2. The summed E-state index contributed by atoms with van der Waals surface area (Å²) in [5.41, 5.74) is 3.61. The van der Waals surface area contributed by atoms with Crippen molar-refractivity contribution < 1.29 is 27.2 Å². The first-order valence-corrected chi connectivity index (χ1v) is 8.38. The van der Waals surface area contributed by atoms with Crippen molar-refractivity contribution in [1.29, 1.82) is 0 Å². The van der Waals surface area contributed by atoms with Crippen molar-refractivity contribution in [3.05, 3.63) is 35.1 Å². The van der Waals surface area contributed by atoms with E-state index in [9.17, 15) is 27.2 Å². The van der Waals surface area contributed by atoms with Crippen molar-refractivity contribution in [2.75, 3.05) is 19.6 Å². The summed E-state index contributed by atoms with van der Waals surface area (Å²) < 4.78 is 52.6. The molecule has 1 atom stereocenters. The molecule has 1 fully saturated rings. The van der Waals surface area contributed by atoms with Gasteiger partial charge in [0.1, 0.15) is 5.82 Å². The number of rotatable bonds is 5. The number of hydrogen-bond donors (Lipinski definition) is 2. The molecule has 2 amide bonds. The molecule has 1 saturated heterocycles. The van der Waals surface area contributed by atoms with E-state index in [1.165, 1.54) is 4.90 Å². The highest BCUT2D eigenvalue weighted by atomic mass is 35.5. The van der Waals surface area contributed by atoms with Crippen LogP contribution in [-0.4, -0.2) is 42.4 Å². The second-order valence-electron chi connectivity index (χ2n) is 6.18. The third-order valence-electron chi connectivity index (χ3n) is 4.32. The number of benzene rings is 1. The van der Waals surface area contributed by atoms with Crippen LogP contribution in [0.1, 0.15) is 41.6 Å². The average Bonchev–Trinajstić information content (AvgIpc) is 2.59. The Labute approximate surface area is 160 Å². The summed E-state index contributed by atoms with van der Waals surface area (Å²) in [6.07, 6.45) is -2.47. The minimum atomic E-state index is -4.67. The van der Waals surface area contributed by atoms with E-state index >= 15 is 0 Å². The molecule has 1 aromatic carbocycles. The van der Waals surface area contributed by atoms with Crippen LogP contribution >= 0.6 is 12.4 Å². The lowest BCUT2D eigenvalue weighted by molar-refractivity contribution is -0.137. The van der Waals surface area contributed by atoms with E-state index < -0.39 is 35.1 Å². The first-order chi connectivity index (χ1) is 12.2. The van der Waals surface area contributed by atoms with Crippen molar-refractivity contribution in [2.24, 2.45) is 5.73 Å². The molecule has 1 aliphatic rings. The minimum absolute atomic E-state index is 0. The maximum absolute atomic E-state index is 14.0. The number of halogens is 5. The first-order valence-electron chi connectivity index (χ1n) is 8.38. The van der Waals surface area contributed by atoms with Gasteiger partial charge >= 0.3 is 6.18 Å². The molecule has 1 aromatic rings. The molecule has 2 rings (SSSR count). The van der Waals surface area contributed by atoms with Gasteiger partial charge in [-0.25, -0.2) is 4.39 Å². The Morgan fingerprint density at radius 2 is 1.96 bits per heavy atom. The first kappa shape index (κ1) is 23.2. The van der Waals surface area contributed by atoms with Gasteiger partial charge in [-0.05, 0) is 37.5 Å². The molecule has 3 N–H and O–H groups in total. The van der Waals surface area contributed by atoms with Crippen molar-refractivity contribution in [1.82, 2.24) is 10.2 Å².